The molecular weight excluding hydrogens is 480 g/mol. The van der Waals surface area contributed by atoms with Gasteiger partial charge in [-0.2, -0.15) is 4.98 Å². The molecule has 1 atom stereocenters. The largest absolute Gasteiger partial charge is 0.339 e. The van der Waals surface area contributed by atoms with E-state index in [2.05, 4.69) is 34.8 Å². The van der Waals surface area contributed by atoms with E-state index in [-0.39, 0.29) is 5.92 Å². The first kappa shape index (κ1) is 23.6. The zero-order valence-corrected chi connectivity index (χ0v) is 20.5. The molecule has 6 rings (SSSR count). The van der Waals surface area contributed by atoms with E-state index in [4.69, 9.17) is 4.52 Å². The average molecular weight is 505 g/mol. The van der Waals surface area contributed by atoms with E-state index in [9.17, 15) is 9.00 Å². The maximum Gasteiger partial charge on any atom is 0.232 e. The molecule has 1 amide bonds. The highest BCUT2D eigenvalue weighted by Crippen LogP contribution is 2.30. The second-order valence-corrected chi connectivity index (χ2v) is 9.74. The summed E-state index contributed by atoms with van der Waals surface area (Å²) in [6.07, 6.45) is 7.57. The Kier molecular flexibility index (Phi) is 6.69. The molecule has 0 radical (unpaired) electrons. The molecule has 184 valence electrons. The molecule has 1 aliphatic rings. The molecule has 5 heterocycles. The lowest BCUT2D eigenvalue weighted by Gasteiger charge is -2.34. The third kappa shape index (κ3) is 4.81. The molecule has 11 nitrogen and oxygen atoms in total. The van der Waals surface area contributed by atoms with Crippen molar-refractivity contribution in [3.05, 3.63) is 78.5 Å². The van der Waals surface area contributed by atoms with Crippen molar-refractivity contribution < 1.29 is 13.5 Å². The Labute approximate surface area is 209 Å². The standard InChI is InChI=1S/C16H16N6O3S.C8H8N2/c1-10-2-3-11(4-13(10)19-9-23)15-20-16(25-21-15)12-6-22(7-12)26(24)14-5-17-8-18-14;1-7-6-9-8-4-2-3-5-10(7)8/h2-5,8-9,12H,6-7H2,1H3,(H,17,18)(H,19,23);2-6H,1H3. The third-order valence-electron chi connectivity index (χ3n) is 5.85. The van der Waals surface area contributed by atoms with Crippen LogP contribution in [0, 0.1) is 13.8 Å². The van der Waals surface area contributed by atoms with Gasteiger partial charge in [-0.3, -0.25) is 4.79 Å². The Hall–Kier alpha value is -4.16. The van der Waals surface area contributed by atoms with Gasteiger partial charge in [0.1, 0.15) is 21.7 Å². The van der Waals surface area contributed by atoms with Gasteiger partial charge in [-0.1, -0.05) is 23.4 Å². The van der Waals surface area contributed by atoms with Crippen LogP contribution >= 0.6 is 0 Å². The highest BCUT2D eigenvalue weighted by Gasteiger charge is 2.36. The van der Waals surface area contributed by atoms with E-state index >= 15 is 0 Å². The van der Waals surface area contributed by atoms with Gasteiger partial charge in [0.05, 0.1) is 18.4 Å². The summed E-state index contributed by atoms with van der Waals surface area (Å²) in [5, 5.41) is 7.26. The summed E-state index contributed by atoms with van der Waals surface area (Å²) >= 11 is 0. The van der Waals surface area contributed by atoms with Crippen molar-refractivity contribution in [2.24, 2.45) is 0 Å². The van der Waals surface area contributed by atoms with Gasteiger partial charge in [0, 0.05) is 42.4 Å². The van der Waals surface area contributed by atoms with Gasteiger partial charge in [0.25, 0.3) is 0 Å². The van der Waals surface area contributed by atoms with Crippen LogP contribution < -0.4 is 5.32 Å². The lowest BCUT2D eigenvalue weighted by molar-refractivity contribution is -0.105. The number of nitrogens with one attached hydrogen (secondary N) is 2. The molecule has 2 N–H and O–H groups in total. The molecule has 1 aliphatic heterocycles. The van der Waals surface area contributed by atoms with Crippen molar-refractivity contribution in [3.8, 4) is 11.4 Å². The maximum absolute atomic E-state index is 12.3. The minimum atomic E-state index is -1.26. The smallest absolute Gasteiger partial charge is 0.232 e. The highest BCUT2D eigenvalue weighted by atomic mass is 32.2. The van der Waals surface area contributed by atoms with Gasteiger partial charge < -0.3 is 19.2 Å². The van der Waals surface area contributed by atoms with E-state index in [1.54, 1.807) is 16.6 Å². The van der Waals surface area contributed by atoms with Crippen LogP contribution in [0.4, 0.5) is 5.69 Å². The third-order valence-corrected chi connectivity index (χ3v) is 7.21. The number of benzene rings is 1. The van der Waals surface area contributed by atoms with Crippen LogP contribution in [0.3, 0.4) is 0 Å². The van der Waals surface area contributed by atoms with Gasteiger partial charge in [-0.15, -0.1) is 0 Å². The highest BCUT2D eigenvalue weighted by molar-refractivity contribution is 7.82. The normalized spacial score (nSPS) is 14.6. The summed E-state index contributed by atoms with van der Waals surface area (Å²) in [5.41, 5.74) is 4.59. The number of imidazole rings is 2. The number of amides is 1. The van der Waals surface area contributed by atoms with Gasteiger partial charge in [0.2, 0.25) is 18.1 Å². The minimum absolute atomic E-state index is 0.0427. The summed E-state index contributed by atoms with van der Waals surface area (Å²) in [6, 6.07) is 11.5. The molecule has 0 spiro atoms. The predicted molar refractivity (Wildman–Crippen MR) is 133 cm³/mol. The summed E-state index contributed by atoms with van der Waals surface area (Å²) < 4.78 is 21.5. The number of anilines is 1. The Morgan fingerprint density at radius 3 is 2.81 bits per heavy atom. The number of aromatic amines is 1. The molecule has 1 aromatic carbocycles. The number of rotatable bonds is 6. The van der Waals surface area contributed by atoms with Gasteiger partial charge in [-0.05, 0) is 37.6 Å². The minimum Gasteiger partial charge on any atom is -0.339 e. The van der Waals surface area contributed by atoms with E-state index in [1.807, 2.05) is 56.6 Å². The lowest BCUT2D eigenvalue weighted by Crippen LogP contribution is -2.45. The molecule has 5 aromatic rings. The van der Waals surface area contributed by atoms with Crippen molar-refractivity contribution in [2.75, 3.05) is 18.4 Å². The predicted octanol–water partition coefficient (Wildman–Crippen LogP) is 3.10. The fourth-order valence-electron chi connectivity index (χ4n) is 3.77. The number of hydrogen-bond acceptors (Lipinski definition) is 7. The average Bonchev–Trinajstić information content (AvgIpc) is 3.63. The number of fused-ring (bicyclic) bond motifs is 1. The Morgan fingerprint density at radius 1 is 1.19 bits per heavy atom. The van der Waals surface area contributed by atoms with E-state index < -0.39 is 11.0 Å². The van der Waals surface area contributed by atoms with E-state index in [0.717, 1.165) is 16.8 Å². The number of aromatic nitrogens is 6. The fraction of sp³-hybridized carbons (Fsp3) is 0.208. The summed E-state index contributed by atoms with van der Waals surface area (Å²) in [7, 11) is -1.26. The molecule has 0 bridgehead atoms. The van der Waals surface area contributed by atoms with Crippen molar-refractivity contribution in [1.82, 2.24) is 33.8 Å². The SMILES string of the molecule is Cc1ccc(-c2noc(C3CN(S(=O)c4cnc[nH]4)C3)n2)cc1NC=O.Cc1cnc2ccccn12. The fourth-order valence-corrected chi connectivity index (χ4v) is 4.98. The monoisotopic (exact) mass is 504 g/mol. The molecular formula is C24H24N8O3S. The quantitative estimate of drug-likeness (QED) is 0.339. The van der Waals surface area contributed by atoms with Crippen LogP contribution in [0.5, 0.6) is 0 Å². The molecule has 36 heavy (non-hydrogen) atoms. The first-order chi connectivity index (χ1) is 17.5. The molecule has 0 aliphatic carbocycles. The zero-order chi connectivity index (χ0) is 25.1. The number of carbonyl (C=O) groups is 1. The molecule has 1 saturated heterocycles. The molecule has 4 aromatic heterocycles. The van der Waals surface area contributed by atoms with Crippen LogP contribution in [0.25, 0.3) is 17.0 Å². The number of carbonyl (C=O) groups excluding carboxylic acids is 1. The number of pyridine rings is 1. The summed E-state index contributed by atoms with van der Waals surface area (Å²) in [4.78, 5) is 26.1. The van der Waals surface area contributed by atoms with Crippen LogP contribution in [0.2, 0.25) is 0 Å². The molecule has 0 saturated carbocycles. The summed E-state index contributed by atoms with van der Waals surface area (Å²) in [6.45, 7) is 5.08. The van der Waals surface area contributed by atoms with Gasteiger partial charge in [-0.25, -0.2) is 18.5 Å². The lowest BCUT2D eigenvalue weighted by atomic mass is 10.0. The van der Waals surface area contributed by atoms with Crippen LogP contribution in [0.1, 0.15) is 23.1 Å². The Morgan fingerprint density at radius 2 is 2.06 bits per heavy atom. The van der Waals surface area contributed by atoms with Crippen LogP contribution in [-0.2, 0) is 15.8 Å². The second-order valence-electron chi connectivity index (χ2n) is 8.29. The van der Waals surface area contributed by atoms with Crippen LogP contribution in [0.15, 0.2) is 70.9 Å². The van der Waals surface area contributed by atoms with Crippen molar-refractivity contribution in [2.45, 2.75) is 24.8 Å². The van der Waals surface area contributed by atoms with Crippen molar-refractivity contribution in [3.63, 3.8) is 0 Å². The first-order valence-corrected chi connectivity index (χ1v) is 12.3. The van der Waals surface area contributed by atoms with E-state index in [0.29, 0.717) is 41.9 Å². The van der Waals surface area contributed by atoms with Gasteiger partial charge in [0.15, 0.2) is 0 Å². The number of H-pyrrole nitrogens is 1. The van der Waals surface area contributed by atoms with Gasteiger partial charge >= 0.3 is 0 Å². The van der Waals surface area contributed by atoms with Crippen molar-refractivity contribution >= 4 is 28.7 Å². The maximum atomic E-state index is 12.3. The second kappa shape index (κ2) is 10.2. The van der Waals surface area contributed by atoms with Crippen LogP contribution in [-0.4, -0.2) is 57.5 Å². The topological polar surface area (TPSA) is 134 Å². The number of nitrogens with zero attached hydrogens (tertiary/aromatic N) is 6. The first-order valence-electron chi connectivity index (χ1n) is 11.2. The number of aryl methyl sites for hydroxylation is 2. The molecule has 12 heteroatoms. The molecule has 1 unspecified atom stereocenters. The Bertz CT molecular complexity index is 1500. The van der Waals surface area contributed by atoms with Crippen molar-refractivity contribution in [1.29, 1.82) is 0 Å². The Balaban J connectivity index is 0.000000222. The summed E-state index contributed by atoms with van der Waals surface area (Å²) in [5.74, 6) is 1.02. The number of hydrogen-bond donors (Lipinski definition) is 2. The zero-order valence-electron chi connectivity index (χ0n) is 19.7. The van der Waals surface area contributed by atoms with E-state index in [1.165, 1.54) is 12.0 Å². The molecule has 1 fully saturated rings.